The van der Waals surface area contributed by atoms with E-state index < -0.39 is 0 Å². The van der Waals surface area contributed by atoms with E-state index in [0.717, 1.165) is 0 Å². The van der Waals surface area contributed by atoms with Crippen LogP contribution in [0.15, 0.2) is 52.0 Å². The van der Waals surface area contributed by atoms with Crippen molar-refractivity contribution >= 4 is 5.82 Å². The number of nitrogens with one attached hydrogen (secondary N) is 1. The van der Waals surface area contributed by atoms with Crippen molar-refractivity contribution in [3.8, 4) is 22.6 Å². The van der Waals surface area contributed by atoms with Crippen LogP contribution < -0.4 is 11.3 Å². The van der Waals surface area contributed by atoms with Crippen molar-refractivity contribution in [3.05, 3.63) is 53.1 Å². The Kier molecular flexibility index (Phi) is 2.60. The predicted octanol–water partition coefficient (Wildman–Crippen LogP) is 1.67. The first-order valence-corrected chi connectivity index (χ1v) is 5.61. The molecule has 0 fully saturated rings. The van der Waals surface area contributed by atoms with Crippen LogP contribution in [0.1, 0.15) is 0 Å². The summed E-state index contributed by atoms with van der Waals surface area (Å²) in [7, 11) is 0. The van der Waals surface area contributed by atoms with Crippen molar-refractivity contribution < 1.29 is 4.52 Å². The van der Waals surface area contributed by atoms with Crippen LogP contribution >= 0.6 is 0 Å². The van der Waals surface area contributed by atoms with Gasteiger partial charge in [0.15, 0.2) is 11.6 Å². The van der Waals surface area contributed by atoms with Gasteiger partial charge >= 0.3 is 0 Å². The lowest BCUT2D eigenvalue weighted by molar-refractivity contribution is 0.436. The maximum atomic E-state index is 11.1. The molecule has 0 aliphatic rings. The smallest absolute Gasteiger partial charge is 0.247 e. The number of nitrogen functional groups attached to an aromatic ring is 1. The topological polar surface area (TPSA) is 97.8 Å². The zero-order chi connectivity index (χ0) is 13.2. The lowest BCUT2D eigenvalue weighted by atomic mass is 10.1. The molecule has 0 saturated carbocycles. The molecule has 94 valence electrons. The van der Waals surface area contributed by atoms with Crippen LogP contribution in [0.4, 0.5) is 5.82 Å². The largest absolute Gasteiger partial charge is 0.380 e. The number of nitrogens with two attached hydrogens (primary N) is 1. The molecule has 3 N–H and O–H groups in total. The average molecular weight is 254 g/mol. The summed E-state index contributed by atoms with van der Waals surface area (Å²) in [5.41, 5.74) is 7.61. The molecule has 0 saturated heterocycles. The van der Waals surface area contributed by atoms with Gasteiger partial charge < -0.3 is 15.2 Å². The normalized spacial score (nSPS) is 10.5. The second kappa shape index (κ2) is 4.41. The van der Waals surface area contributed by atoms with Gasteiger partial charge in [0.2, 0.25) is 5.56 Å². The molecule has 3 aromatic rings. The van der Waals surface area contributed by atoms with Crippen molar-refractivity contribution in [1.82, 2.24) is 15.1 Å². The third-order valence-electron chi connectivity index (χ3n) is 2.69. The molecule has 3 aromatic heterocycles. The summed E-state index contributed by atoms with van der Waals surface area (Å²) in [4.78, 5) is 17.9. The van der Waals surface area contributed by atoms with Crippen molar-refractivity contribution in [2.24, 2.45) is 0 Å². The SMILES string of the molecule is Nc1noc(-c2ccc(=O)[nH]c2)c1-c1ccccn1. The van der Waals surface area contributed by atoms with E-state index in [9.17, 15) is 4.79 Å². The zero-order valence-electron chi connectivity index (χ0n) is 9.83. The van der Waals surface area contributed by atoms with Crippen LogP contribution in [0.5, 0.6) is 0 Å². The number of hydrogen-bond donors (Lipinski definition) is 2. The van der Waals surface area contributed by atoms with Gasteiger partial charge in [-0.3, -0.25) is 9.78 Å². The van der Waals surface area contributed by atoms with Crippen molar-refractivity contribution in [2.75, 3.05) is 5.73 Å². The Morgan fingerprint density at radius 1 is 1.21 bits per heavy atom. The molecule has 19 heavy (non-hydrogen) atoms. The van der Waals surface area contributed by atoms with E-state index in [1.807, 2.05) is 18.2 Å². The molecule has 0 spiro atoms. The number of nitrogens with zero attached hydrogens (tertiary/aromatic N) is 2. The van der Waals surface area contributed by atoms with Crippen LogP contribution in [0, 0.1) is 0 Å². The van der Waals surface area contributed by atoms with Gasteiger partial charge in [0.25, 0.3) is 0 Å². The predicted molar refractivity (Wildman–Crippen MR) is 70.2 cm³/mol. The molecule has 3 heterocycles. The number of anilines is 1. The molecule has 0 bridgehead atoms. The molecule has 0 radical (unpaired) electrons. The second-order valence-electron chi connectivity index (χ2n) is 3.93. The molecule has 0 aliphatic heterocycles. The molecule has 0 atom stereocenters. The van der Waals surface area contributed by atoms with E-state index in [1.165, 1.54) is 6.07 Å². The Morgan fingerprint density at radius 3 is 2.79 bits per heavy atom. The minimum absolute atomic E-state index is 0.185. The summed E-state index contributed by atoms with van der Waals surface area (Å²) in [5.74, 6) is 0.743. The monoisotopic (exact) mass is 254 g/mol. The highest BCUT2D eigenvalue weighted by atomic mass is 16.5. The Morgan fingerprint density at radius 2 is 2.11 bits per heavy atom. The number of aromatic nitrogens is 3. The Hall–Kier alpha value is -2.89. The Labute approximate surface area is 107 Å². The quantitative estimate of drug-likeness (QED) is 0.725. The van der Waals surface area contributed by atoms with Gasteiger partial charge in [-0.05, 0) is 18.2 Å². The summed E-state index contributed by atoms with van der Waals surface area (Å²) < 4.78 is 5.24. The number of rotatable bonds is 2. The molecule has 6 heteroatoms. The van der Waals surface area contributed by atoms with E-state index in [2.05, 4.69) is 15.1 Å². The molecule has 0 aromatic carbocycles. The van der Waals surface area contributed by atoms with Crippen molar-refractivity contribution in [1.29, 1.82) is 0 Å². The minimum Gasteiger partial charge on any atom is -0.380 e. The third kappa shape index (κ3) is 1.99. The summed E-state index contributed by atoms with van der Waals surface area (Å²) in [6, 6.07) is 8.54. The lowest BCUT2D eigenvalue weighted by Gasteiger charge is -2.01. The molecule has 6 nitrogen and oxygen atoms in total. The first-order valence-electron chi connectivity index (χ1n) is 5.61. The van der Waals surface area contributed by atoms with E-state index in [0.29, 0.717) is 22.6 Å². The standard InChI is InChI=1S/C13H10N4O2/c14-13-11(9-3-1-2-6-15-9)12(19-17-13)8-4-5-10(18)16-7-8/h1-7H,(H2,14,17)(H,16,18). The van der Waals surface area contributed by atoms with E-state index in [4.69, 9.17) is 10.3 Å². The highest BCUT2D eigenvalue weighted by Crippen LogP contribution is 2.34. The molecule has 3 rings (SSSR count). The number of H-pyrrole nitrogens is 1. The van der Waals surface area contributed by atoms with Crippen LogP contribution in [0.25, 0.3) is 22.6 Å². The van der Waals surface area contributed by atoms with Gasteiger partial charge in [-0.2, -0.15) is 0 Å². The molecule has 0 aliphatic carbocycles. The number of pyridine rings is 2. The van der Waals surface area contributed by atoms with Gasteiger partial charge in [0, 0.05) is 24.0 Å². The molecular weight excluding hydrogens is 244 g/mol. The van der Waals surface area contributed by atoms with E-state index in [-0.39, 0.29) is 11.4 Å². The first-order chi connectivity index (χ1) is 9.25. The summed E-state index contributed by atoms with van der Waals surface area (Å²) >= 11 is 0. The molecule has 0 unspecified atom stereocenters. The summed E-state index contributed by atoms with van der Waals surface area (Å²) in [6.07, 6.45) is 3.22. The van der Waals surface area contributed by atoms with Crippen molar-refractivity contribution in [3.63, 3.8) is 0 Å². The second-order valence-corrected chi connectivity index (χ2v) is 3.93. The van der Waals surface area contributed by atoms with Gasteiger partial charge in [0.05, 0.1) is 11.3 Å². The fraction of sp³-hybridized carbons (Fsp3) is 0. The van der Waals surface area contributed by atoms with Crippen LogP contribution in [-0.4, -0.2) is 15.1 Å². The zero-order valence-corrected chi connectivity index (χ0v) is 9.83. The van der Waals surface area contributed by atoms with Crippen LogP contribution in [0.2, 0.25) is 0 Å². The highest BCUT2D eigenvalue weighted by Gasteiger charge is 2.18. The number of hydrogen-bond acceptors (Lipinski definition) is 5. The maximum Gasteiger partial charge on any atom is 0.247 e. The van der Waals surface area contributed by atoms with Crippen LogP contribution in [0.3, 0.4) is 0 Å². The van der Waals surface area contributed by atoms with Gasteiger partial charge in [-0.1, -0.05) is 11.2 Å². The minimum atomic E-state index is -0.185. The van der Waals surface area contributed by atoms with E-state index in [1.54, 1.807) is 18.5 Å². The fourth-order valence-corrected chi connectivity index (χ4v) is 1.81. The Bertz CT molecular complexity index is 741. The fourth-order valence-electron chi connectivity index (χ4n) is 1.81. The Balaban J connectivity index is 2.19. The van der Waals surface area contributed by atoms with Gasteiger partial charge in [-0.25, -0.2) is 0 Å². The number of aromatic amines is 1. The summed E-state index contributed by atoms with van der Waals surface area (Å²) in [5, 5.41) is 3.76. The average Bonchev–Trinajstić information content (AvgIpc) is 2.82. The summed E-state index contributed by atoms with van der Waals surface area (Å²) in [6.45, 7) is 0. The third-order valence-corrected chi connectivity index (χ3v) is 2.69. The first kappa shape index (κ1) is 11.2. The molecular formula is C13H10N4O2. The lowest BCUT2D eigenvalue weighted by Crippen LogP contribution is -2.01. The van der Waals surface area contributed by atoms with Crippen molar-refractivity contribution in [2.45, 2.75) is 0 Å². The van der Waals surface area contributed by atoms with E-state index >= 15 is 0 Å². The molecule has 0 amide bonds. The van der Waals surface area contributed by atoms with Gasteiger partial charge in [0.1, 0.15) is 0 Å². The van der Waals surface area contributed by atoms with Gasteiger partial charge in [-0.15, -0.1) is 0 Å². The highest BCUT2D eigenvalue weighted by molar-refractivity contribution is 5.84. The maximum absolute atomic E-state index is 11.1. The van der Waals surface area contributed by atoms with Crippen LogP contribution in [-0.2, 0) is 0 Å².